The van der Waals surface area contributed by atoms with E-state index in [2.05, 4.69) is 30.3 Å². The van der Waals surface area contributed by atoms with E-state index in [4.69, 9.17) is 20.4 Å². The molecule has 0 aliphatic heterocycles. The van der Waals surface area contributed by atoms with Gasteiger partial charge in [-0.2, -0.15) is 13.2 Å². The van der Waals surface area contributed by atoms with Crippen LogP contribution in [0.4, 0.5) is 13.2 Å². The Morgan fingerprint density at radius 2 is 1.47 bits per heavy atom. The van der Waals surface area contributed by atoms with E-state index < -0.39 is 18.1 Å². The highest BCUT2D eigenvalue weighted by Gasteiger charge is 2.38. The van der Waals surface area contributed by atoms with Crippen LogP contribution in [0.1, 0.15) is 35.2 Å². The van der Waals surface area contributed by atoms with Crippen LogP contribution in [0, 0.1) is 0 Å². The molecule has 0 fully saturated rings. The molecule has 180 valence electrons. The van der Waals surface area contributed by atoms with Crippen molar-refractivity contribution in [3.8, 4) is 16.9 Å². The number of alkyl halides is 3. The van der Waals surface area contributed by atoms with Crippen molar-refractivity contribution >= 4 is 11.9 Å². The van der Waals surface area contributed by atoms with Gasteiger partial charge in [-0.25, -0.2) is 4.79 Å². The van der Waals surface area contributed by atoms with Crippen molar-refractivity contribution in [2.75, 3.05) is 6.61 Å². The second-order valence-corrected chi connectivity index (χ2v) is 7.42. The average molecular weight is 473 g/mol. The molecule has 0 aliphatic rings. The number of hydrogen-bond donors (Lipinski definition) is 2. The van der Waals surface area contributed by atoms with Gasteiger partial charge in [0.05, 0.1) is 6.61 Å². The molecule has 8 heteroatoms. The standard InChI is InChI=1S/C24H25NO2.C2HF3O2/c25-24(26)22-12-7-11-21(18-22)20-13-15-23(16-14-20)27-17-6-2-5-10-19-8-3-1-4-9-19;3-2(4,5)1(6)7/h1,3-4,7-9,11-16,18H,2,5-6,10,17H2,(H2,25,26);(H,6,7). The number of carbonyl (C=O) groups is 2. The summed E-state index contributed by atoms with van der Waals surface area (Å²) >= 11 is 0. The van der Waals surface area contributed by atoms with Crippen molar-refractivity contribution in [2.24, 2.45) is 5.73 Å². The topological polar surface area (TPSA) is 89.6 Å². The van der Waals surface area contributed by atoms with E-state index in [1.54, 1.807) is 6.07 Å². The predicted molar refractivity (Wildman–Crippen MR) is 124 cm³/mol. The first-order valence-corrected chi connectivity index (χ1v) is 10.6. The zero-order valence-electron chi connectivity index (χ0n) is 18.4. The van der Waals surface area contributed by atoms with Crippen molar-refractivity contribution in [2.45, 2.75) is 31.9 Å². The van der Waals surface area contributed by atoms with Gasteiger partial charge in [0.15, 0.2) is 0 Å². The molecule has 0 saturated carbocycles. The molecule has 0 atom stereocenters. The van der Waals surface area contributed by atoms with E-state index in [9.17, 15) is 18.0 Å². The maximum atomic E-state index is 11.3. The molecule has 0 aromatic heterocycles. The van der Waals surface area contributed by atoms with E-state index in [1.165, 1.54) is 12.0 Å². The summed E-state index contributed by atoms with van der Waals surface area (Å²) in [5.74, 6) is -2.30. The van der Waals surface area contributed by atoms with Crippen LogP contribution in [0.5, 0.6) is 5.75 Å². The van der Waals surface area contributed by atoms with Crippen molar-refractivity contribution in [1.82, 2.24) is 0 Å². The van der Waals surface area contributed by atoms with Gasteiger partial charge in [0.1, 0.15) is 5.75 Å². The summed E-state index contributed by atoms with van der Waals surface area (Å²) in [6, 6.07) is 25.9. The Labute approximate surface area is 196 Å². The number of halogens is 3. The highest BCUT2D eigenvalue weighted by atomic mass is 19.4. The third-order valence-electron chi connectivity index (χ3n) is 4.80. The van der Waals surface area contributed by atoms with Crippen LogP contribution in [0.15, 0.2) is 78.9 Å². The van der Waals surface area contributed by atoms with Crippen LogP contribution in [0.3, 0.4) is 0 Å². The molecule has 0 spiro atoms. The monoisotopic (exact) mass is 473 g/mol. The number of amides is 1. The van der Waals surface area contributed by atoms with Crippen LogP contribution in [-0.2, 0) is 11.2 Å². The summed E-state index contributed by atoms with van der Waals surface area (Å²) in [6.45, 7) is 0.727. The number of carbonyl (C=O) groups excluding carboxylic acids is 1. The second kappa shape index (κ2) is 13.0. The Bertz CT molecular complexity index is 1050. The van der Waals surface area contributed by atoms with E-state index in [1.807, 2.05) is 42.5 Å². The summed E-state index contributed by atoms with van der Waals surface area (Å²) < 4.78 is 37.6. The predicted octanol–water partition coefficient (Wildman–Crippen LogP) is 5.88. The molecule has 0 heterocycles. The number of benzene rings is 3. The van der Waals surface area contributed by atoms with Crippen molar-refractivity contribution in [1.29, 1.82) is 0 Å². The van der Waals surface area contributed by atoms with Gasteiger partial charge < -0.3 is 15.6 Å². The number of aliphatic carboxylic acids is 1. The number of hydrogen-bond acceptors (Lipinski definition) is 3. The van der Waals surface area contributed by atoms with Crippen LogP contribution in [0.25, 0.3) is 11.1 Å². The van der Waals surface area contributed by atoms with E-state index in [-0.39, 0.29) is 0 Å². The summed E-state index contributed by atoms with van der Waals surface area (Å²) in [5, 5.41) is 7.12. The second-order valence-electron chi connectivity index (χ2n) is 7.42. The van der Waals surface area contributed by atoms with Gasteiger partial charge in [-0.3, -0.25) is 4.79 Å². The minimum atomic E-state index is -5.08. The zero-order valence-corrected chi connectivity index (χ0v) is 18.4. The fraction of sp³-hybridized carbons (Fsp3) is 0.231. The molecule has 0 saturated heterocycles. The first-order chi connectivity index (χ1) is 16.2. The lowest BCUT2D eigenvalue weighted by Gasteiger charge is -2.08. The molecule has 0 unspecified atom stereocenters. The Kier molecular flexibility index (Phi) is 10.1. The number of ether oxygens (including phenoxy) is 1. The number of carboxylic acid groups (broad SMARTS) is 1. The van der Waals surface area contributed by atoms with Gasteiger partial charge in [0, 0.05) is 5.56 Å². The largest absolute Gasteiger partial charge is 0.494 e. The lowest BCUT2D eigenvalue weighted by molar-refractivity contribution is -0.192. The minimum absolute atomic E-state index is 0.413. The quantitative estimate of drug-likeness (QED) is 0.380. The summed E-state index contributed by atoms with van der Waals surface area (Å²) in [7, 11) is 0. The Balaban J connectivity index is 0.000000509. The van der Waals surface area contributed by atoms with Crippen LogP contribution in [0.2, 0.25) is 0 Å². The highest BCUT2D eigenvalue weighted by Crippen LogP contribution is 2.23. The molecule has 3 N–H and O–H groups in total. The number of nitrogens with two attached hydrogens (primary N) is 1. The lowest BCUT2D eigenvalue weighted by atomic mass is 10.0. The highest BCUT2D eigenvalue weighted by molar-refractivity contribution is 5.94. The minimum Gasteiger partial charge on any atom is -0.494 e. The Hall–Kier alpha value is -3.81. The summed E-state index contributed by atoms with van der Waals surface area (Å²) in [4.78, 5) is 20.2. The normalized spacial score (nSPS) is 10.7. The molecule has 3 aromatic rings. The van der Waals surface area contributed by atoms with E-state index in [0.717, 1.165) is 42.7 Å². The molecule has 0 bridgehead atoms. The van der Waals surface area contributed by atoms with Crippen molar-refractivity contribution < 1.29 is 32.6 Å². The molecule has 5 nitrogen and oxygen atoms in total. The maximum Gasteiger partial charge on any atom is 0.490 e. The van der Waals surface area contributed by atoms with Crippen LogP contribution < -0.4 is 10.5 Å². The van der Waals surface area contributed by atoms with Gasteiger partial charge in [0.25, 0.3) is 0 Å². The van der Waals surface area contributed by atoms with Crippen LogP contribution in [-0.4, -0.2) is 29.8 Å². The molecule has 1 amide bonds. The van der Waals surface area contributed by atoms with E-state index in [0.29, 0.717) is 5.56 Å². The molecule has 3 rings (SSSR count). The molecule has 0 radical (unpaired) electrons. The summed E-state index contributed by atoms with van der Waals surface area (Å²) in [6.07, 6.45) is -0.565. The molecular formula is C26H26F3NO4. The Morgan fingerprint density at radius 1 is 0.824 bits per heavy atom. The number of aryl methyl sites for hydroxylation is 1. The smallest absolute Gasteiger partial charge is 0.490 e. The molecular weight excluding hydrogens is 447 g/mol. The fourth-order valence-electron chi connectivity index (χ4n) is 3.04. The van der Waals surface area contributed by atoms with Crippen molar-refractivity contribution in [3.63, 3.8) is 0 Å². The first kappa shape index (κ1) is 26.4. The molecule has 0 aliphatic carbocycles. The number of primary amides is 1. The Morgan fingerprint density at radius 3 is 2.06 bits per heavy atom. The number of rotatable bonds is 9. The van der Waals surface area contributed by atoms with Gasteiger partial charge in [-0.05, 0) is 66.6 Å². The van der Waals surface area contributed by atoms with E-state index >= 15 is 0 Å². The number of carboxylic acids is 1. The van der Waals surface area contributed by atoms with Crippen LogP contribution >= 0.6 is 0 Å². The molecule has 3 aromatic carbocycles. The third-order valence-corrected chi connectivity index (χ3v) is 4.80. The van der Waals surface area contributed by atoms with Gasteiger partial charge in [-0.1, -0.05) is 54.6 Å². The average Bonchev–Trinajstić information content (AvgIpc) is 2.82. The van der Waals surface area contributed by atoms with Gasteiger partial charge in [0.2, 0.25) is 5.91 Å². The van der Waals surface area contributed by atoms with Gasteiger partial charge >= 0.3 is 12.1 Å². The zero-order chi connectivity index (χ0) is 25.0. The molecule has 34 heavy (non-hydrogen) atoms. The van der Waals surface area contributed by atoms with Crippen molar-refractivity contribution in [3.05, 3.63) is 90.0 Å². The number of unbranched alkanes of at least 4 members (excludes halogenated alkanes) is 2. The SMILES string of the molecule is NC(=O)c1cccc(-c2ccc(OCCCCCc3ccccc3)cc2)c1.O=C(O)C(F)(F)F. The van der Waals surface area contributed by atoms with Gasteiger partial charge in [-0.15, -0.1) is 0 Å². The third kappa shape index (κ3) is 9.36. The first-order valence-electron chi connectivity index (χ1n) is 10.6. The fourth-order valence-corrected chi connectivity index (χ4v) is 3.04. The lowest BCUT2D eigenvalue weighted by Crippen LogP contribution is -2.21. The summed E-state index contributed by atoms with van der Waals surface area (Å²) in [5.41, 5.74) is 9.27. The maximum absolute atomic E-state index is 11.3.